The number of fused-ring (bicyclic) bond motifs is 1. The maximum atomic E-state index is 12.8. The van der Waals surface area contributed by atoms with Crippen molar-refractivity contribution in [1.82, 2.24) is 19.7 Å². The van der Waals surface area contributed by atoms with Crippen LogP contribution >= 0.6 is 0 Å². The van der Waals surface area contributed by atoms with Gasteiger partial charge in [0.1, 0.15) is 0 Å². The lowest BCUT2D eigenvalue weighted by Gasteiger charge is -2.38. The molecule has 3 aliphatic rings. The molecule has 2 aromatic carbocycles. The van der Waals surface area contributed by atoms with Gasteiger partial charge in [-0.25, -0.2) is 4.79 Å². The molecule has 3 aromatic rings. The van der Waals surface area contributed by atoms with Crippen LogP contribution in [0.4, 0.5) is 10.5 Å². The molecule has 3 fully saturated rings. The largest absolute Gasteiger partial charge is 0.342 e. The molecule has 0 unspecified atom stereocenters. The van der Waals surface area contributed by atoms with Crippen LogP contribution in [-0.4, -0.2) is 71.5 Å². The van der Waals surface area contributed by atoms with Crippen LogP contribution in [0.3, 0.4) is 0 Å². The third-order valence-electron chi connectivity index (χ3n) is 8.76. The topological polar surface area (TPSA) is 77.9 Å². The van der Waals surface area contributed by atoms with E-state index < -0.39 is 0 Å². The van der Waals surface area contributed by atoms with Crippen LogP contribution < -0.4 is 10.2 Å². The second-order valence-corrected chi connectivity index (χ2v) is 11.3. The Labute approximate surface area is 229 Å². The number of benzene rings is 2. The number of amides is 4. The summed E-state index contributed by atoms with van der Waals surface area (Å²) in [7, 11) is 0. The molecule has 4 amide bonds. The highest BCUT2D eigenvalue weighted by Crippen LogP contribution is 2.36. The van der Waals surface area contributed by atoms with Crippen molar-refractivity contribution in [3.8, 4) is 0 Å². The first-order valence-corrected chi connectivity index (χ1v) is 14.3. The minimum Gasteiger partial charge on any atom is -0.342 e. The molecule has 1 N–H and O–H groups in total. The summed E-state index contributed by atoms with van der Waals surface area (Å²) in [6.07, 6.45) is 4.65. The molecule has 204 valence electrons. The average molecular weight is 528 g/mol. The van der Waals surface area contributed by atoms with E-state index in [-0.39, 0.29) is 17.8 Å². The van der Waals surface area contributed by atoms with Crippen molar-refractivity contribution in [2.45, 2.75) is 45.1 Å². The van der Waals surface area contributed by atoms with Crippen molar-refractivity contribution in [3.05, 3.63) is 65.9 Å². The normalized spacial score (nSPS) is 20.0. The van der Waals surface area contributed by atoms with Gasteiger partial charge in [-0.1, -0.05) is 24.3 Å². The zero-order valence-corrected chi connectivity index (χ0v) is 22.6. The second kappa shape index (κ2) is 10.8. The zero-order valence-electron chi connectivity index (χ0n) is 22.6. The summed E-state index contributed by atoms with van der Waals surface area (Å²) in [4.78, 5) is 43.3. The maximum absolute atomic E-state index is 12.8. The maximum Gasteiger partial charge on any atom is 0.328 e. The van der Waals surface area contributed by atoms with Crippen molar-refractivity contribution < 1.29 is 14.4 Å². The Balaban J connectivity index is 1.06. The quantitative estimate of drug-likeness (QED) is 0.527. The van der Waals surface area contributed by atoms with E-state index in [1.807, 2.05) is 47.4 Å². The number of carbonyl (C=O) groups excluding carboxylic acids is 3. The molecule has 1 aromatic heterocycles. The number of urea groups is 1. The first-order chi connectivity index (χ1) is 19.0. The van der Waals surface area contributed by atoms with Gasteiger partial charge < -0.3 is 14.4 Å². The van der Waals surface area contributed by atoms with Crippen molar-refractivity contribution >= 4 is 34.4 Å². The molecule has 0 saturated carbocycles. The van der Waals surface area contributed by atoms with E-state index in [0.717, 1.165) is 80.6 Å². The molecule has 0 spiro atoms. The molecule has 3 saturated heterocycles. The smallest absolute Gasteiger partial charge is 0.328 e. The average Bonchev–Trinajstić information content (AvgIpc) is 3.30. The first-order valence-electron chi connectivity index (χ1n) is 14.3. The van der Waals surface area contributed by atoms with Crippen molar-refractivity contribution in [3.63, 3.8) is 0 Å². The van der Waals surface area contributed by atoms with Gasteiger partial charge in [0, 0.05) is 68.4 Å². The molecule has 0 radical (unpaired) electrons. The van der Waals surface area contributed by atoms with Gasteiger partial charge in [0.2, 0.25) is 5.91 Å². The summed E-state index contributed by atoms with van der Waals surface area (Å²) in [6, 6.07) is 18.0. The summed E-state index contributed by atoms with van der Waals surface area (Å²) in [5.74, 6) is 0.581. The van der Waals surface area contributed by atoms with Crippen LogP contribution in [0.5, 0.6) is 0 Å². The number of hydrogen-bond donors (Lipinski definition) is 1. The van der Waals surface area contributed by atoms with Gasteiger partial charge in [-0.2, -0.15) is 0 Å². The van der Waals surface area contributed by atoms with Crippen LogP contribution in [-0.2, 0) is 4.79 Å². The number of imide groups is 1. The number of nitrogens with one attached hydrogen (secondary N) is 1. The summed E-state index contributed by atoms with van der Waals surface area (Å²) in [5.41, 5.74) is 4.02. The highest BCUT2D eigenvalue weighted by Gasteiger charge is 2.30. The Hall–Kier alpha value is -3.65. The van der Waals surface area contributed by atoms with Gasteiger partial charge in [0.25, 0.3) is 5.91 Å². The Bertz CT molecular complexity index is 1370. The third kappa shape index (κ3) is 5.17. The highest BCUT2D eigenvalue weighted by molar-refractivity contribution is 6.09. The lowest BCUT2D eigenvalue weighted by atomic mass is 9.94. The summed E-state index contributed by atoms with van der Waals surface area (Å²) >= 11 is 0. The molecule has 8 heteroatoms. The summed E-state index contributed by atoms with van der Waals surface area (Å²) < 4.78 is 2.46. The van der Waals surface area contributed by atoms with Gasteiger partial charge in [0.15, 0.2) is 0 Å². The molecular weight excluding hydrogens is 490 g/mol. The van der Waals surface area contributed by atoms with E-state index in [2.05, 4.69) is 33.8 Å². The molecule has 4 heterocycles. The predicted molar refractivity (Wildman–Crippen MR) is 152 cm³/mol. The Morgan fingerprint density at radius 3 is 2.36 bits per heavy atom. The molecule has 0 atom stereocenters. The molecule has 8 nitrogen and oxygen atoms in total. The monoisotopic (exact) mass is 527 g/mol. The number of aromatic nitrogens is 1. The van der Waals surface area contributed by atoms with E-state index >= 15 is 0 Å². The van der Waals surface area contributed by atoms with Gasteiger partial charge in [0.05, 0.1) is 11.2 Å². The SMILES string of the molecule is Cc1cc2c(N3CCC(=O)NC3=O)cccc2n1C1CCN(CC2CCN(C(=O)c3ccccc3)CC2)CC1. The fourth-order valence-corrected chi connectivity index (χ4v) is 6.69. The van der Waals surface area contributed by atoms with E-state index in [1.165, 1.54) is 5.69 Å². The van der Waals surface area contributed by atoms with Crippen molar-refractivity contribution in [1.29, 1.82) is 0 Å². The minimum absolute atomic E-state index is 0.154. The number of anilines is 1. The fraction of sp³-hybridized carbons (Fsp3) is 0.452. The van der Waals surface area contributed by atoms with Crippen LogP contribution in [0, 0.1) is 12.8 Å². The summed E-state index contributed by atoms with van der Waals surface area (Å²) in [5, 5.41) is 3.52. The van der Waals surface area contributed by atoms with Crippen LogP contribution in [0.2, 0.25) is 0 Å². The molecule has 6 rings (SSSR count). The van der Waals surface area contributed by atoms with Gasteiger partial charge >= 0.3 is 6.03 Å². The van der Waals surface area contributed by atoms with Gasteiger partial charge in [-0.15, -0.1) is 0 Å². The van der Waals surface area contributed by atoms with Crippen molar-refractivity contribution in [2.75, 3.05) is 44.2 Å². The van der Waals surface area contributed by atoms with Crippen LogP contribution in [0.15, 0.2) is 54.6 Å². The fourth-order valence-electron chi connectivity index (χ4n) is 6.69. The number of hydrogen-bond acceptors (Lipinski definition) is 4. The molecule has 39 heavy (non-hydrogen) atoms. The lowest BCUT2D eigenvalue weighted by molar-refractivity contribution is -0.120. The molecule has 3 aliphatic heterocycles. The van der Waals surface area contributed by atoms with Crippen LogP contribution in [0.25, 0.3) is 10.9 Å². The van der Waals surface area contributed by atoms with E-state index in [4.69, 9.17) is 0 Å². The third-order valence-corrected chi connectivity index (χ3v) is 8.76. The Morgan fingerprint density at radius 2 is 1.64 bits per heavy atom. The molecule has 0 bridgehead atoms. The second-order valence-electron chi connectivity index (χ2n) is 11.3. The standard InChI is InChI=1S/C31H37N5O3/c1-22-20-26-27(35-19-14-29(37)32-31(35)39)8-5-9-28(26)36(22)25-12-15-33(16-13-25)21-23-10-17-34(18-11-23)30(38)24-6-3-2-4-7-24/h2-9,20,23,25H,10-19,21H2,1H3,(H,32,37,39). The number of aryl methyl sites for hydroxylation is 1. The van der Waals surface area contributed by atoms with Crippen LogP contribution in [0.1, 0.15) is 54.2 Å². The number of rotatable bonds is 5. The number of nitrogens with zero attached hydrogens (tertiary/aromatic N) is 4. The van der Waals surface area contributed by atoms with Gasteiger partial charge in [-0.3, -0.25) is 19.8 Å². The van der Waals surface area contributed by atoms with Crippen molar-refractivity contribution in [2.24, 2.45) is 5.92 Å². The molecule has 0 aliphatic carbocycles. The number of likely N-dealkylation sites (tertiary alicyclic amines) is 2. The first kappa shape index (κ1) is 25.6. The number of carbonyl (C=O) groups is 3. The van der Waals surface area contributed by atoms with E-state index in [1.54, 1.807) is 4.90 Å². The van der Waals surface area contributed by atoms with E-state index in [0.29, 0.717) is 24.9 Å². The zero-order chi connectivity index (χ0) is 26.9. The number of piperidine rings is 2. The highest BCUT2D eigenvalue weighted by atomic mass is 16.2. The summed E-state index contributed by atoms with van der Waals surface area (Å²) in [6.45, 7) is 7.50. The Kier molecular flexibility index (Phi) is 7.12. The predicted octanol–water partition coefficient (Wildman–Crippen LogP) is 4.59. The Morgan fingerprint density at radius 1 is 0.897 bits per heavy atom. The minimum atomic E-state index is -0.340. The molecular formula is C31H37N5O3. The lowest BCUT2D eigenvalue weighted by Crippen LogP contribution is -2.49. The van der Waals surface area contributed by atoms with Gasteiger partial charge in [-0.05, 0) is 68.9 Å². The van der Waals surface area contributed by atoms with E-state index in [9.17, 15) is 14.4 Å².